The van der Waals surface area contributed by atoms with Crippen molar-refractivity contribution in [3.05, 3.63) is 58.7 Å². The lowest BCUT2D eigenvalue weighted by atomic mass is 9.96. The lowest BCUT2D eigenvalue weighted by molar-refractivity contribution is 0.0788. The molecular weight excluding hydrogens is 362 g/mol. The Bertz CT molecular complexity index is 948. The van der Waals surface area contributed by atoms with Crippen LogP contribution in [-0.2, 0) is 0 Å². The maximum atomic E-state index is 14.7. The Morgan fingerprint density at radius 1 is 1.04 bits per heavy atom. The third-order valence-electron chi connectivity index (χ3n) is 5.42. The summed E-state index contributed by atoms with van der Waals surface area (Å²) in [5.41, 5.74) is 1.45. The molecule has 2 amide bonds. The number of nitrogens with zero attached hydrogens (tertiary/aromatic N) is 1. The molecule has 0 spiro atoms. The summed E-state index contributed by atoms with van der Waals surface area (Å²) in [6.07, 6.45) is 3.73. The molecule has 1 saturated heterocycles. The monoisotopic (exact) mass is 384 g/mol. The molecule has 4 nitrogen and oxygen atoms in total. The molecule has 1 aliphatic carbocycles. The van der Waals surface area contributed by atoms with E-state index in [-0.39, 0.29) is 29.0 Å². The smallest absolute Gasteiger partial charge is 0.256 e. The summed E-state index contributed by atoms with van der Waals surface area (Å²) in [6, 6.07) is 7.24. The quantitative estimate of drug-likeness (QED) is 0.864. The highest BCUT2D eigenvalue weighted by Crippen LogP contribution is 2.29. The van der Waals surface area contributed by atoms with Gasteiger partial charge in [0.05, 0.1) is 5.56 Å². The summed E-state index contributed by atoms with van der Waals surface area (Å²) in [5.74, 6) is -1.80. The van der Waals surface area contributed by atoms with Crippen molar-refractivity contribution in [2.24, 2.45) is 0 Å². The second kappa shape index (κ2) is 7.34. The Hall–Kier alpha value is -2.76. The Morgan fingerprint density at radius 3 is 2.39 bits per heavy atom. The SMILES string of the molecule is Cc1c(F)cc(C(=O)NC2CC2)cc1-c1ccc(C(=O)N2CCCC2)c(F)c1. The van der Waals surface area contributed by atoms with Gasteiger partial charge in [0.1, 0.15) is 11.6 Å². The van der Waals surface area contributed by atoms with Crippen molar-refractivity contribution < 1.29 is 18.4 Å². The first-order valence-electron chi connectivity index (χ1n) is 9.64. The molecule has 28 heavy (non-hydrogen) atoms. The molecule has 0 radical (unpaired) electrons. The van der Waals surface area contributed by atoms with Crippen LogP contribution in [0.3, 0.4) is 0 Å². The average Bonchev–Trinajstić information content (AvgIpc) is 3.31. The highest BCUT2D eigenvalue weighted by Gasteiger charge is 2.25. The number of carbonyl (C=O) groups excluding carboxylic acids is 2. The molecular formula is C22H22F2N2O2. The Labute approximate surface area is 162 Å². The molecule has 0 bridgehead atoms. The van der Waals surface area contributed by atoms with E-state index in [1.165, 1.54) is 18.2 Å². The highest BCUT2D eigenvalue weighted by molar-refractivity contribution is 5.97. The average molecular weight is 384 g/mol. The van der Waals surface area contributed by atoms with E-state index in [1.807, 2.05) is 0 Å². The predicted octanol–water partition coefficient (Wildman–Crippen LogP) is 4.07. The van der Waals surface area contributed by atoms with Gasteiger partial charge in [-0.3, -0.25) is 9.59 Å². The maximum Gasteiger partial charge on any atom is 0.256 e. The molecule has 2 aromatic rings. The van der Waals surface area contributed by atoms with Crippen LogP contribution in [0.25, 0.3) is 11.1 Å². The van der Waals surface area contributed by atoms with Crippen molar-refractivity contribution in [1.82, 2.24) is 10.2 Å². The minimum atomic E-state index is -0.637. The first-order chi connectivity index (χ1) is 13.4. The fourth-order valence-corrected chi connectivity index (χ4v) is 3.55. The number of likely N-dealkylation sites (tertiary alicyclic amines) is 1. The molecule has 2 fully saturated rings. The molecule has 0 aromatic heterocycles. The van der Waals surface area contributed by atoms with E-state index in [0.29, 0.717) is 29.8 Å². The van der Waals surface area contributed by atoms with Crippen molar-refractivity contribution >= 4 is 11.8 Å². The fourth-order valence-electron chi connectivity index (χ4n) is 3.55. The van der Waals surface area contributed by atoms with Gasteiger partial charge in [0.15, 0.2) is 0 Å². The van der Waals surface area contributed by atoms with Crippen LogP contribution < -0.4 is 5.32 Å². The van der Waals surface area contributed by atoms with E-state index in [4.69, 9.17) is 0 Å². The Balaban J connectivity index is 1.66. The molecule has 1 heterocycles. The fraction of sp³-hybridized carbons (Fsp3) is 0.364. The summed E-state index contributed by atoms with van der Waals surface area (Å²) in [5, 5.41) is 2.83. The first kappa shape index (κ1) is 18.6. The van der Waals surface area contributed by atoms with Gasteiger partial charge in [-0.05, 0) is 73.6 Å². The van der Waals surface area contributed by atoms with Gasteiger partial charge in [0.2, 0.25) is 0 Å². The van der Waals surface area contributed by atoms with Gasteiger partial charge < -0.3 is 10.2 Å². The lowest BCUT2D eigenvalue weighted by Crippen LogP contribution is -2.28. The van der Waals surface area contributed by atoms with Crippen LogP contribution in [-0.4, -0.2) is 35.8 Å². The van der Waals surface area contributed by atoms with Gasteiger partial charge in [0.25, 0.3) is 11.8 Å². The van der Waals surface area contributed by atoms with Crippen LogP contribution in [0.4, 0.5) is 8.78 Å². The van der Waals surface area contributed by atoms with E-state index < -0.39 is 11.6 Å². The normalized spacial score (nSPS) is 16.3. The molecule has 6 heteroatoms. The number of nitrogens with one attached hydrogen (secondary N) is 1. The topological polar surface area (TPSA) is 49.4 Å². The number of benzene rings is 2. The standard InChI is InChI=1S/C22H22F2N2O2/c1-13-18(10-15(12-19(13)23)21(27)25-16-5-6-16)14-4-7-17(20(24)11-14)22(28)26-8-2-3-9-26/h4,7,10-12,16H,2-3,5-6,8-9H2,1H3,(H,25,27). The summed E-state index contributed by atoms with van der Waals surface area (Å²) in [7, 11) is 0. The summed E-state index contributed by atoms with van der Waals surface area (Å²) in [6.45, 7) is 2.87. The van der Waals surface area contributed by atoms with Gasteiger partial charge in [-0.15, -0.1) is 0 Å². The van der Waals surface area contributed by atoms with Gasteiger partial charge in [-0.1, -0.05) is 6.07 Å². The number of hydrogen-bond acceptors (Lipinski definition) is 2. The summed E-state index contributed by atoms with van der Waals surface area (Å²) in [4.78, 5) is 26.4. The van der Waals surface area contributed by atoms with Gasteiger partial charge in [0, 0.05) is 24.7 Å². The van der Waals surface area contributed by atoms with E-state index in [1.54, 1.807) is 24.0 Å². The van der Waals surface area contributed by atoms with E-state index in [9.17, 15) is 18.4 Å². The van der Waals surface area contributed by atoms with Crippen LogP contribution in [0.2, 0.25) is 0 Å². The molecule has 146 valence electrons. The summed E-state index contributed by atoms with van der Waals surface area (Å²) >= 11 is 0. The van der Waals surface area contributed by atoms with Gasteiger partial charge in [-0.2, -0.15) is 0 Å². The first-order valence-corrected chi connectivity index (χ1v) is 9.64. The highest BCUT2D eigenvalue weighted by atomic mass is 19.1. The lowest BCUT2D eigenvalue weighted by Gasteiger charge is -2.16. The van der Waals surface area contributed by atoms with Crippen LogP contribution in [0.5, 0.6) is 0 Å². The molecule has 1 aliphatic heterocycles. The van der Waals surface area contributed by atoms with Crippen molar-refractivity contribution in [3.63, 3.8) is 0 Å². The third-order valence-corrected chi connectivity index (χ3v) is 5.42. The van der Waals surface area contributed by atoms with Crippen LogP contribution in [0.1, 0.15) is 52.0 Å². The van der Waals surface area contributed by atoms with Gasteiger partial charge >= 0.3 is 0 Å². The van der Waals surface area contributed by atoms with E-state index in [0.717, 1.165) is 25.7 Å². The Kier molecular flexibility index (Phi) is 4.87. The third kappa shape index (κ3) is 3.63. The largest absolute Gasteiger partial charge is 0.349 e. The second-order valence-corrected chi connectivity index (χ2v) is 7.57. The predicted molar refractivity (Wildman–Crippen MR) is 102 cm³/mol. The second-order valence-electron chi connectivity index (χ2n) is 7.57. The van der Waals surface area contributed by atoms with E-state index in [2.05, 4.69) is 5.32 Å². The zero-order chi connectivity index (χ0) is 19.8. The molecule has 2 aromatic carbocycles. The number of halogens is 2. The molecule has 1 saturated carbocycles. The molecule has 2 aliphatic rings. The van der Waals surface area contributed by atoms with Crippen molar-refractivity contribution in [3.8, 4) is 11.1 Å². The van der Waals surface area contributed by atoms with Crippen LogP contribution >= 0.6 is 0 Å². The molecule has 1 N–H and O–H groups in total. The summed E-state index contributed by atoms with van der Waals surface area (Å²) < 4.78 is 29.1. The molecule has 0 unspecified atom stereocenters. The molecule has 4 rings (SSSR count). The zero-order valence-electron chi connectivity index (χ0n) is 15.7. The molecule has 0 atom stereocenters. The minimum absolute atomic E-state index is 0.0198. The minimum Gasteiger partial charge on any atom is -0.349 e. The van der Waals surface area contributed by atoms with Crippen LogP contribution in [0.15, 0.2) is 30.3 Å². The number of rotatable bonds is 4. The number of carbonyl (C=O) groups is 2. The van der Waals surface area contributed by atoms with Gasteiger partial charge in [-0.25, -0.2) is 8.78 Å². The van der Waals surface area contributed by atoms with E-state index >= 15 is 0 Å². The van der Waals surface area contributed by atoms with Crippen molar-refractivity contribution in [2.45, 2.75) is 38.6 Å². The zero-order valence-corrected chi connectivity index (χ0v) is 15.7. The van der Waals surface area contributed by atoms with Crippen LogP contribution in [0, 0.1) is 18.6 Å². The number of amides is 2. The Morgan fingerprint density at radius 2 is 1.75 bits per heavy atom. The maximum absolute atomic E-state index is 14.7. The number of hydrogen-bond donors (Lipinski definition) is 1. The van der Waals surface area contributed by atoms with Crippen molar-refractivity contribution in [2.75, 3.05) is 13.1 Å². The van der Waals surface area contributed by atoms with Crippen molar-refractivity contribution in [1.29, 1.82) is 0 Å².